The van der Waals surface area contributed by atoms with Crippen molar-refractivity contribution in [2.45, 2.75) is 12.5 Å². The number of hydrogen-bond donors (Lipinski definition) is 2. The number of aromatic nitrogens is 2. The van der Waals surface area contributed by atoms with Crippen molar-refractivity contribution in [3.05, 3.63) is 64.3 Å². The maximum absolute atomic E-state index is 12.3. The minimum absolute atomic E-state index is 0.107. The highest BCUT2D eigenvalue weighted by atomic mass is 16.2. The Kier molecular flexibility index (Phi) is 5.43. The highest BCUT2D eigenvalue weighted by Gasteiger charge is 2.16. The molecule has 2 N–H and O–H groups in total. The second-order valence-electron chi connectivity index (χ2n) is 5.33. The first-order valence-corrected chi connectivity index (χ1v) is 7.11. The van der Waals surface area contributed by atoms with Gasteiger partial charge in [-0.25, -0.2) is 4.98 Å². The van der Waals surface area contributed by atoms with Gasteiger partial charge < -0.3 is 15.2 Å². The molecule has 1 aromatic heterocycles. The van der Waals surface area contributed by atoms with Gasteiger partial charge in [0.25, 0.3) is 11.5 Å². The Hall–Kier alpha value is -2.47. The largest absolute Gasteiger partial charge is 0.344 e. The van der Waals surface area contributed by atoms with E-state index in [2.05, 4.69) is 20.2 Å². The van der Waals surface area contributed by atoms with Crippen LogP contribution in [0.1, 0.15) is 28.5 Å². The molecule has 1 aromatic carbocycles. The molecule has 2 rings (SSSR count). The first kappa shape index (κ1) is 15.9. The van der Waals surface area contributed by atoms with Crippen molar-refractivity contribution in [1.29, 1.82) is 0 Å². The number of aromatic amines is 1. The number of benzene rings is 1. The SMILES string of the molecule is CN(C)CC[C@H](NC(=O)c1c[nH]c(=O)cn1)c1ccccc1. The summed E-state index contributed by atoms with van der Waals surface area (Å²) in [7, 11) is 3.99. The van der Waals surface area contributed by atoms with E-state index < -0.39 is 0 Å². The minimum Gasteiger partial charge on any atom is -0.344 e. The van der Waals surface area contributed by atoms with E-state index in [-0.39, 0.29) is 23.2 Å². The summed E-state index contributed by atoms with van der Waals surface area (Å²) in [5.41, 5.74) is 0.913. The van der Waals surface area contributed by atoms with E-state index in [1.54, 1.807) is 0 Å². The Balaban J connectivity index is 2.13. The van der Waals surface area contributed by atoms with Crippen molar-refractivity contribution in [2.75, 3.05) is 20.6 Å². The highest BCUT2D eigenvalue weighted by Crippen LogP contribution is 2.17. The van der Waals surface area contributed by atoms with Crippen LogP contribution in [0, 0.1) is 0 Å². The lowest BCUT2D eigenvalue weighted by Crippen LogP contribution is -2.32. The quantitative estimate of drug-likeness (QED) is 0.840. The molecule has 0 saturated carbocycles. The molecule has 0 aliphatic heterocycles. The van der Waals surface area contributed by atoms with Crippen LogP contribution in [0.25, 0.3) is 0 Å². The van der Waals surface area contributed by atoms with E-state index >= 15 is 0 Å². The van der Waals surface area contributed by atoms with Gasteiger partial charge in [0.15, 0.2) is 0 Å². The number of rotatable bonds is 6. The van der Waals surface area contributed by atoms with Gasteiger partial charge in [-0.3, -0.25) is 9.59 Å². The molecule has 2 aromatic rings. The lowest BCUT2D eigenvalue weighted by Gasteiger charge is -2.21. The van der Waals surface area contributed by atoms with Crippen LogP contribution in [-0.2, 0) is 0 Å². The molecule has 0 spiro atoms. The third-order valence-corrected chi connectivity index (χ3v) is 3.28. The molecule has 1 heterocycles. The monoisotopic (exact) mass is 300 g/mol. The van der Waals surface area contributed by atoms with E-state index in [4.69, 9.17) is 0 Å². The Morgan fingerprint density at radius 1 is 1.32 bits per heavy atom. The molecule has 0 bridgehead atoms. The number of carbonyl (C=O) groups excluding carboxylic acids is 1. The number of carbonyl (C=O) groups is 1. The number of H-pyrrole nitrogens is 1. The van der Waals surface area contributed by atoms with Gasteiger partial charge in [-0.05, 0) is 32.6 Å². The molecular formula is C16H20N4O2. The first-order chi connectivity index (χ1) is 10.6. The van der Waals surface area contributed by atoms with E-state index in [9.17, 15) is 9.59 Å². The zero-order valence-electron chi connectivity index (χ0n) is 12.7. The van der Waals surface area contributed by atoms with Crippen LogP contribution in [0.3, 0.4) is 0 Å². The Morgan fingerprint density at radius 2 is 2.05 bits per heavy atom. The zero-order chi connectivity index (χ0) is 15.9. The molecule has 0 radical (unpaired) electrons. The summed E-state index contributed by atoms with van der Waals surface area (Å²) in [6.07, 6.45) is 3.21. The normalized spacial score (nSPS) is 12.1. The van der Waals surface area contributed by atoms with Crippen LogP contribution in [0.2, 0.25) is 0 Å². The van der Waals surface area contributed by atoms with Gasteiger partial charge in [-0.1, -0.05) is 30.3 Å². The number of nitrogens with zero attached hydrogens (tertiary/aromatic N) is 2. The molecule has 0 aliphatic carbocycles. The minimum atomic E-state index is -0.330. The molecular weight excluding hydrogens is 280 g/mol. The Bertz CT molecular complexity index is 647. The van der Waals surface area contributed by atoms with Crippen LogP contribution >= 0.6 is 0 Å². The molecule has 116 valence electrons. The average molecular weight is 300 g/mol. The van der Waals surface area contributed by atoms with Crippen molar-refractivity contribution in [2.24, 2.45) is 0 Å². The van der Waals surface area contributed by atoms with Gasteiger partial charge in [-0.15, -0.1) is 0 Å². The Morgan fingerprint density at radius 3 is 2.64 bits per heavy atom. The summed E-state index contributed by atoms with van der Waals surface area (Å²) in [6.45, 7) is 0.846. The highest BCUT2D eigenvalue weighted by molar-refractivity contribution is 5.92. The summed E-state index contributed by atoms with van der Waals surface area (Å²) in [4.78, 5) is 31.7. The summed E-state index contributed by atoms with van der Waals surface area (Å²) >= 11 is 0. The lowest BCUT2D eigenvalue weighted by atomic mass is 10.0. The smallest absolute Gasteiger partial charge is 0.271 e. The number of amides is 1. The molecule has 0 fully saturated rings. The van der Waals surface area contributed by atoms with E-state index in [0.717, 1.165) is 24.7 Å². The van der Waals surface area contributed by atoms with Gasteiger partial charge in [0, 0.05) is 6.20 Å². The van der Waals surface area contributed by atoms with Gasteiger partial charge in [0.1, 0.15) is 5.69 Å². The van der Waals surface area contributed by atoms with Crippen LogP contribution in [0.15, 0.2) is 47.5 Å². The van der Waals surface area contributed by atoms with Gasteiger partial charge in [0.2, 0.25) is 0 Å². The van der Waals surface area contributed by atoms with Crippen molar-refractivity contribution in [3.63, 3.8) is 0 Å². The van der Waals surface area contributed by atoms with E-state index in [1.165, 1.54) is 6.20 Å². The zero-order valence-corrected chi connectivity index (χ0v) is 12.7. The second kappa shape index (κ2) is 7.51. The summed E-state index contributed by atoms with van der Waals surface area (Å²) in [5, 5.41) is 2.97. The van der Waals surface area contributed by atoms with Gasteiger partial charge in [-0.2, -0.15) is 0 Å². The Labute approximate surface area is 129 Å². The van der Waals surface area contributed by atoms with Crippen LogP contribution < -0.4 is 10.9 Å². The molecule has 1 atom stereocenters. The number of nitrogens with one attached hydrogen (secondary N) is 2. The van der Waals surface area contributed by atoms with E-state index in [0.29, 0.717) is 0 Å². The van der Waals surface area contributed by atoms with Crippen LogP contribution in [0.5, 0.6) is 0 Å². The molecule has 6 heteroatoms. The summed E-state index contributed by atoms with van der Waals surface area (Å²) in [5.74, 6) is -0.302. The van der Waals surface area contributed by atoms with Crippen molar-refractivity contribution in [3.8, 4) is 0 Å². The van der Waals surface area contributed by atoms with Gasteiger partial charge >= 0.3 is 0 Å². The topological polar surface area (TPSA) is 78.1 Å². The third kappa shape index (κ3) is 4.53. The maximum Gasteiger partial charge on any atom is 0.271 e. The summed E-state index contributed by atoms with van der Waals surface area (Å²) < 4.78 is 0. The molecule has 0 saturated heterocycles. The van der Waals surface area contributed by atoms with Crippen LogP contribution in [0.4, 0.5) is 0 Å². The predicted molar refractivity (Wildman–Crippen MR) is 84.7 cm³/mol. The molecule has 0 unspecified atom stereocenters. The average Bonchev–Trinajstić information content (AvgIpc) is 2.52. The third-order valence-electron chi connectivity index (χ3n) is 3.28. The van der Waals surface area contributed by atoms with Crippen LogP contribution in [-0.4, -0.2) is 41.4 Å². The van der Waals surface area contributed by atoms with Crippen molar-refractivity contribution in [1.82, 2.24) is 20.2 Å². The fraction of sp³-hybridized carbons (Fsp3) is 0.312. The van der Waals surface area contributed by atoms with Crippen molar-refractivity contribution >= 4 is 5.91 Å². The van der Waals surface area contributed by atoms with E-state index in [1.807, 2.05) is 44.4 Å². The number of hydrogen-bond acceptors (Lipinski definition) is 4. The molecule has 0 aliphatic rings. The van der Waals surface area contributed by atoms with Gasteiger partial charge in [0.05, 0.1) is 12.2 Å². The van der Waals surface area contributed by atoms with Crippen molar-refractivity contribution < 1.29 is 4.79 Å². The molecule has 22 heavy (non-hydrogen) atoms. The predicted octanol–water partition coefficient (Wildman–Crippen LogP) is 1.19. The fourth-order valence-electron chi connectivity index (χ4n) is 2.09. The second-order valence-corrected chi connectivity index (χ2v) is 5.33. The first-order valence-electron chi connectivity index (χ1n) is 7.11. The fourth-order valence-corrected chi connectivity index (χ4v) is 2.09. The standard InChI is InChI=1S/C16H20N4O2/c1-20(2)9-8-13(12-6-4-3-5-7-12)19-16(22)14-10-18-15(21)11-17-14/h3-7,10-11,13H,8-9H2,1-2H3,(H,18,21)(H,19,22)/t13-/m0/s1. The molecule has 1 amide bonds. The maximum atomic E-state index is 12.3. The molecule has 6 nitrogen and oxygen atoms in total. The summed E-state index contributed by atoms with van der Waals surface area (Å²) in [6, 6.07) is 9.70. The lowest BCUT2D eigenvalue weighted by molar-refractivity contribution is 0.0927.